The first-order valence-electron chi connectivity index (χ1n) is 7.57. The third kappa shape index (κ3) is 4.78. The molecule has 2 aromatic carbocycles. The van der Waals surface area contributed by atoms with Gasteiger partial charge in [0.25, 0.3) is 0 Å². The van der Waals surface area contributed by atoms with Crippen LogP contribution in [0.1, 0.15) is 30.6 Å². The van der Waals surface area contributed by atoms with Gasteiger partial charge >= 0.3 is 11.9 Å². The number of hydrogen-bond acceptors (Lipinski definition) is 5. The summed E-state index contributed by atoms with van der Waals surface area (Å²) in [6, 6.07) is 14.1. The van der Waals surface area contributed by atoms with Crippen LogP contribution in [-0.4, -0.2) is 24.3 Å². The molecule has 0 bridgehead atoms. The summed E-state index contributed by atoms with van der Waals surface area (Å²) in [6.07, 6.45) is 0.246. The maximum absolute atomic E-state index is 11.9. The SMILES string of the molecule is CCC(=O)OCC(=O)c1ccc(-c2ccc(OC(C)=O)cc2)cc1. The highest BCUT2D eigenvalue weighted by atomic mass is 16.5. The number of carbonyl (C=O) groups is 3. The molecule has 0 amide bonds. The number of benzene rings is 2. The quantitative estimate of drug-likeness (QED) is 0.462. The zero-order valence-corrected chi connectivity index (χ0v) is 13.6. The van der Waals surface area contributed by atoms with Gasteiger partial charge < -0.3 is 9.47 Å². The van der Waals surface area contributed by atoms with Crippen LogP contribution in [0.3, 0.4) is 0 Å². The minimum atomic E-state index is -0.396. The number of carbonyl (C=O) groups excluding carboxylic acids is 3. The van der Waals surface area contributed by atoms with Crippen molar-refractivity contribution in [3.63, 3.8) is 0 Å². The van der Waals surface area contributed by atoms with E-state index in [2.05, 4.69) is 0 Å². The van der Waals surface area contributed by atoms with Gasteiger partial charge in [-0.25, -0.2) is 0 Å². The molecular formula is C19H18O5. The van der Waals surface area contributed by atoms with Crippen molar-refractivity contribution < 1.29 is 23.9 Å². The molecule has 0 saturated carbocycles. The van der Waals surface area contributed by atoms with Crippen LogP contribution in [0.25, 0.3) is 11.1 Å². The Bertz CT molecular complexity index is 729. The van der Waals surface area contributed by atoms with Crippen LogP contribution in [-0.2, 0) is 14.3 Å². The fourth-order valence-electron chi connectivity index (χ4n) is 2.06. The lowest BCUT2D eigenvalue weighted by Gasteiger charge is -2.06. The lowest BCUT2D eigenvalue weighted by molar-refractivity contribution is -0.142. The summed E-state index contributed by atoms with van der Waals surface area (Å²) in [7, 11) is 0. The van der Waals surface area contributed by atoms with E-state index in [0.717, 1.165) is 11.1 Å². The highest BCUT2D eigenvalue weighted by Gasteiger charge is 2.09. The molecule has 0 saturated heterocycles. The topological polar surface area (TPSA) is 69.7 Å². The van der Waals surface area contributed by atoms with Gasteiger partial charge in [-0.15, -0.1) is 0 Å². The molecule has 2 aromatic rings. The molecule has 0 heterocycles. The Kier molecular flexibility index (Phi) is 5.84. The molecule has 0 aromatic heterocycles. The van der Waals surface area contributed by atoms with Crippen molar-refractivity contribution in [2.75, 3.05) is 6.61 Å². The zero-order chi connectivity index (χ0) is 17.5. The molecular weight excluding hydrogens is 308 g/mol. The van der Waals surface area contributed by atoms with Crippen LogP contribution in [0.5, 0.6) is 5.75 Å². The second kappa shape index (κ2) is 8.06. The third-order valence-electron chi connectivity index (χ3n) is 3.31. The first kappa shape index (κ1) is 17.4. The summed E-state index contributed by atoms with van der Waals surface area (Å²) in [4.78, 5) is 33.9. The normalized spacial score (nSPS) is 10.1. The number of rotatable bonds is 6. The van der Waals surface area contributed by atoms with Gasteiger partial charge in [0.1, 0.15) is 5.75 Å². The Morgan fingerprint density at radius 1 is 0.875 bits per heavy atom. The lowest BCUT2D eigenvalue weighted by Crippen LogP contribution is -2.13. The van der Waals surface area contributed by atoms with Gasteiger partial charge in [-0.05, 0) is 23.3 Å². The van der Waals surface area contributed by atoms with E-state index in [-0.39, 0.29) is 24.8 Å². The van der Waals surface area contributed by atoms with E-state index in [1.807, 2.05) is 24.3 Å². The standard InChI is InChI=1S/C19H18O5/c1-3-19(22)23-12-18(21)16-6-4-14(5-7-16)15-8-10-17(11-9-15)24-13(2)20/h4-11H,3,12H2,1-2H3. The molecule has 0 aliphatic rings. The molecule has 0 N–H and O–H groups in total. The van der Waals surface area contributed by atoms with Gasteiger partial charge in [-0.3, -0.25) is 14.4 Å². The molecule has 5 nitrogen and oxygen atoms in total. The van der Waals surface area contributed by atoms with E-state index in [0.29, 0.717) is 11.3 Å². The predicted octanol–water partition coefficient (Wildman–Crippen LogP) is 3.41. The Hall–Kier alpha value is -2.95. The van der Waals surface area contributed by atoms with Gasteiger partial charge in [-0.1, -0.05) is 43.3 Å². The maximum Gasteiger partial charge on any atom is 0.308 e. The van der Waals surface area contributed by atoms with Gasteiger partial charge in [0.05, 0.1) is 0 Å². The van der Waals surface area contributed by atoms with Crippen molar-refractivity contribution in [1.82, 2.24) is 0 Å². The Morgan fingerprint density at radius 2 is 1.42 bits per heavy atom. The number of ketones is 1. The van der Waals surface area contributed by atoms with Gasteiger partial charge in [-0.2, -0.15) is 0 Å². The average molecular weight is 326 g/mol. The maximum atomic E-state index is 11.9. The number of Topliss-reactive ketones (excluding diaryl/α,β-unsaturated/α-hetero) is 1. The molecule has 0 fully saturated rings. The summed E-state index contributed by atoms with van der Waals surface area (Å²) in [5.41, 5.74) is 2.34. The monoisotopic (exact) mass is 326 g/mol. The summed E-state index contributed by atoms with van der Waals surface area (Å²) in [6.45, 7) is 2.78. The van der Waals surface area contributed by atoms with E-state index in [4.69, 9.17) is 9.47 Å². The first-order chi connectivity index (χ1) is 11.5. The van der Waals surface area contributed by atoms with Gasteiger partial charge in [0.2, 0.25) is 0 Å². The largest absolute Gasteiger partial charge is 0.457 e. The first-order valence-corrected chi connectivity index (χ1v) is 7.57. The molecule has 0 spiro atoms. The van der Waals surface area contributed by atoms with E-state index in [1.54, 1.807) is 31.2 Å². The highest BCUT2D eigenvalue weighted by Crippen LogP contribution is 2.23. The smallest absolute Gasteiger partial charge is 0.308 e. The Labute approximate surface area is 140 Å². The van der Waals surface area contributed by atoms with E-state index in [1.165, 1.54) is 6.92 Å². The van der Waals surface area contributed by atoms with Crippen molar-refractivity contribution >= 4 is 17.7 Å². The Balaban J connectivity index is 2.04. The van der Waals surface area contributed by atoms with Crippen LogP contribution in [0.15, 0.2) is 48.5 Å². The van der Waals surface area contributed by atoms with E-state index in [9.17, 15) is 14.4 Å². The number of hydrogen-bond donors (Lipinski definition) is 0. The van der Waals surface area contributed by atoms with E-state index >= 15 is 0 Å². The van der Waals surface area contributed by atoms with Crippen LogP contribution in [0, 0.1) is 0 Å². The van der Waals surface area contributed by atoms with Crippen molar-refractivity contribution in [3.8, 4) is 16.9 Å². The fraction of sp³-hybridized carbons (Fsp3) is 0.211. The fourth-order valence-corrected chi connectivity index (χ4v) is 2.06. The highest BCUT2D eigenvalue weighted by molar-refractivity contribution is 5.98. The zero-order valence-electron chi connectivity index (χ0n) is 13.6. The average Bonchev–Trinajstić information content (AvgIpc) is 2.59. The van der Waals surface area contributed by atoms with Crippen molar-refractivity contribution in [3.05, 3.63) is 54.1 Å². The predicted molar refractivity (Wildman–Crippen MR) is 88.8 cm³/mol. The van der Waals surface area contributed by atoms with Gasteiger partial charge in [0.15, 0.2) is 12.4 Å². The second-order valence-corrected chi connectivity index (χ2v) is 5.13. The number of ether oxygens (including phenoxy) is 2. The van der Waals surface area contributed by atoms with Crippen LogP contribution in [0.2, 0.25) is 0 Å². The third-order valence-corrected chi connectivity index (χ3v) is 3.31. The second-order valence-electron chi connectivity index (χ2n) is 5.13. The van der Waals surface area contributed by atoms with Crippen LogP contribution in [0.4, 0.5) is 0 Å². The van der Waals surface area contributed by atoms with E-state index < -0.39 is 5.97 Å². The molecule has 24 heavy (non-hydrogen) atoms. The lowest BCUT2D eigenvalue weighted by atomic mass is 10.0. The van der Waals surface area contributed by atoms with Gasteiger partial charge in [0, 0.05) is 18.9 Å². The number of esters is 2. The molecule has 0 atom stereocenters. The minimum Gasteiger partial charge on any atom is -0.457 e. The molecule has 0 aliphatic carbocycles. The molecule has 0 unspecified atom stereocenters. The van der Waals surface area contributed by atoms with Crippen molar-refractivity contribution in [2.24, 2.45) is 0 Å². The molecule has 0 aliphatic heterocycles. The summed E-state index contributed by atoms with van der Waals surface area (Å²) >= 11 is 0. The van der Waals surface area contributed by atoms with Crippen molar-refractivity contribution in [2.45, 2.75) is 20.3 Å². The van der Waals surface area contributed by atoms with Crippen LogP contribution < -0.4 is 4.74 Å². The summed E-state index contributed by atoms with van der Waals surface area (Å²) in [5.74, 6) is -0.522. The van der Waals surface area contributed by atoms with Crippen molar-refractivity contribution in [1.29, 1.82) is 0 Å². The summed E-state index contributed by atoms with van der Waals surface area (Å²) < 4.78 is 9.82. The molecule has 124 valence electrons. The molecule has 0 radical (unpaired) electrons. The molecule has 2 rings (SSSR count). The van der Waals surface area contributed by atoms with Crippen LogP contribution >= 0.6 is 0 Å². The summed E-state index contributed by atoms with van der Waals surface area (Å²) in [5, 5.41) is 0. The molecule has 5 heteroatoms. The Morgan fingerprint density at radius 3 is 1.92 bits per heavy atom. The minimum absolute atomic E-state index is 0.242.